The van der Waals surface area contributed by atoms with Crippen LogP contribution in [0.1, 0.15) is 61.4 Å². The molecule has 0 aliphatic carbocycles. The van der Waals surface area contributed by atoms with E-state index in [0.717, 1.165) is 41.8 Å². The van der Waals surface area contributed by atoms with Gasteiger partial charge in [-0.25, -0.2) is 0 Å². The van der Waals surface area contributed by atoms with E-state index in [1.165, 1.54) is 22.3 Å². The van der Waals surface area contributed by atoms with Crippen LogP contribution >= 0.6 is 0 Å². The number of hydrogen-bond acceptors (Lipinski definition) is 2. The first-order valence-corrected chi connectivity index (χ1v) is 11.0. The minimum atomic E-state index is 0.568. The van der Waals surface area contributed by atoms with E-state index in [-0.39, 0.29) is 0 Å². The fraction of sp³-hybridized carbons (Fsp3) is 0.241. The molecule has 0 unspecified atom stereocenters. The predicted molar refractivity (Wildman–Crippen MR) is 138 cm³/mol. The van der Waals surface area contributed by atoms with Crippen molar-refractivity contribution < 1.29 is 0 Å². The fourth-order valence-corrected chi connectivity index (χ4v) is 3.43. The van der Waals surface area contributed by atoms with Gasteiger partial charge in [0.2, 0.25) is 0 Å². The molecule has 31 heavy (non-hydrogen) atoms. The van der Waals surface area contributed by atoms with Crippen LogP contribution in [0.25, 0.3) is 17.0 Å². The van der Waals surface area contributed by atoms with Crippen molar-refractivity contribution in [2.45, 2.75) is 47.0 Å². The molecule has 0 fully saturated rings. The number of rotatable bonds is 10. The summed E-state index contributed by atoms with van der Waals surface area (Å²) < 4.78 is 0. The van der Waals surface area contributed by atoms with Crippen molar-refractivity contribution in [1.29, 1.82) is 0 Å². The lowest BCUT2D eigenvalue weighted by molar-refractivity contribution is 0.911. The summed E-state index contributed by atoms with van der Waals surface area (Å²) in [5.41, 5.74) is 15.6. The van der Waals surface area contributed by atoms with Gasteiger partial charge in [-0.15, -0.1) is 0 Å². The van der Waals surface area contributed by atoms with Crippen LogP contribution in [0.4, 0.5) is 0 Å². The first-order valence-electron chi connectivity index (χ1n) is 11.0. The fourth-order valence-electron chi connectivity index (χ4n) is 3.43. The Balaban J connectivity index is 2.38. The molecule has 0 saturated heterocycles. The molecule has 2 nitrogen and oxygen atoms in total. The van der Waals surface area contributed by atoms with Crippen molar-refractivity contribution in [1.82, 2.24) is 5.32 Å². The van der Waals surface area contributed by atoms with E-state index in [1.54, 1.807) is 0 Å². The van der Waals surface area contributed by atoms with E-state index in [4.69, 9.17) is 5.73 Å². The summed E-state index contributed by atoms with van der Waals surface area (Å²) in [7, 11) is 0. The minimum Gasteiger partial charge on any atom is -0.399 e. The van der Waals surface area contributed by atoms with E-state index in [9.17, 15) is 0 Å². The maximum atomic E-state index is 5.80. The molecule has 0 radical (unpaired) electrons. The Labute approximate surface area is 188 Å². The van der Waals surface area contributed by atoms with Gasteiger partial charge < -0.3 is 11.1 Å². The molecular formula is C29H36N2. The number of allylic oxidation sites excluding steroid dienone is 5. The van der Waals surface area contributed by atoms with Gasteiger partial charge in [-0.2, -0.15) is 0 Å². The SMILES string of the molecule is C=C(N)c1ccc(C(=C)N/C(C/C=C\C=C/C)=C(\C)c2ccc(C)c(CCC)c2)cc1. The van der Waals surface area contributed by atoms with Crippen molar-refractivity contribution in [2.75, 3.05) is 0 Å². The van der Waals surface area contributed by atoms with Crippen LogP contribution in [-0.2, 0) is 6.42 Å². The van der Waals surface area contributed by atoms with Crippen LogP contribution in [0.5, 0.6) is 0 Å². The molecular weight excluding hydrogens is 376 g/mol. The van der Waals surface area contributed by atoms with Crippen molar-refractivity contribution in [3.63, 3.8) is 0 Å². The molecule has 0 aliphatic heterocycles. The van der Waals surface area contributed by atoms with Gasteiger partial charge in [0, 0.05) is 23.5 Å². The Bertz CT molecular complexity index is 1000. The average Bonchev–Trinajstić information content (AvgIpc) is 2.77. The highest BCUT2D eigenvalue weighted by atomic mass is 14.9. The summed E-state index contributed by atoms with van der Waals surface area (Å²) in [5, 5.41) is 3.58. The molecule has 0 atom stereocenters. The van der Waals surface area contributed by atoms with Crippen LogP contribution in [0.15, 0.2) is 85.6 Å². The smallest absolute Gasteiger partial charge is 0.0382 e. The van der Waals surface area contributed by atoms with Crippen molar-refractivity contribution in [3.05, 3.63) is 113 Å². The van der Waals surface area contributed by atoms with Crippen molar-refractivity contribution >= 4 is 17.0 Å². The maximum absolute atomic E-state index is 5.80. The molecule has 0 aliphatic rings. The Morgan fingerprint density at radius 2 is 1.65 bits per heavy atom. The number of nitrogens with one attached hydrogen (secondary N) is 1. The average molecular weight is 413 g/mol. The van der Waals surface area contributed by atoms with Gasteiger partial charge >= 0.3 is 0 Å². The topological polar surface area (TPSA) is 38.0 Å². The van der Waals surface area contributed by atoms with Gasteiger partial charge in [-0.3, -0.25) is 0 Å². The molecule has 2 aromatic carbocycles. The normalized spacial score (nSPS) is 12.3. The van der Waals surface area contributed by atoms with Gasteiger partial charge in [-0.1, -0.05) is 93.3 Å². The number of nitrogens with two attached hydrogens (primary N) is 1. The Morgan fingerprint density at radius 1 is 1.00 bits per heavy atom. The zero-order valence-electron chi connectivity index (χ0n) is 19.5. The molecule has 0 saturated carbocycles. The molecule has 0 bridgehead atoms. The summed E-state index contributed by atoms with van der Waals surface area (Å²) in [6.45, 7) is 16.7. The van der Waals surface area contributed by atoms with E-state index >= 15 is 0 Å². The van der Waals surface area contributed by atoms with Crippen LogP contribution in [0.3, 0.4) is 0 Å². The maximum Gasteiger partial charge on any atom is 0.0382 e. The highest BCUT2D eigenvalue weighted by Gasteiger charge is 2.09. The van der Waals surface area contributed by atoms with E-state index in [1.807, 2.05) is 43.3 Å². The quantitative estimate of drug-likeness (QED) is 0.399. The standard InChI is InChI=1S/C29H36N2/c1-7-9-10-11-13-29(22(4)28-15-14-21(3)27(20-28)12-8-2)31-24(6)26-18-16-25(17-19-26)23(5)30/h7,9-11,14-20,31H,5-6,8,12-13,30H2,1-4H3/b9-7-,11-10-,29-22+. The Kier molecular flexibility index (Phi) is 9.14. The molecule has 2 rings (SSSR count). The second kappa shape index (κ2) is 11.8. The molecule has 2 heteroatoms. The van der Waals surface area contributed by atoms with E-state index in [0.29, 0.717) is 5.70 Å². The molecule has 3 N–H and O–H groups in total. The van der Waals surface area contributed by atoms with Crippen molar-refractivity contribution in [2.24, 2.45) is 5.73 Å². The lowest BCUT2D eigenvalue weighted by Crippen LogP contribution is -2.12. The first-order chi connectivity index (χ1) is 14.9. The lowest BCUT2D eigenvalue weighted by Gasteiger charge is -2.18. The summed E-state index contributed by atoms with van der Waals surface area (Å²) in [6.07, 6.45) is 11.4. The summed E-state index contributed by atoms with van der Waals surface area (Å²) in [4.78, 5) is 0. The van der Waals surface area contributed by atoms with Gasteiger partial charge in [-0.05, 0) is 60.6 Å². The van der Waals surface area contributed by atoms with E-state index < -0.39 is 0 Å². The first kappa shape index (κ1) is 24.0. The molecule has 0 aromatic heterocycles. The predicted octanol–water partition coefficient (Wildman–Crippen LogP) is 7.39. The second-order valence-corrected chi connectivity index (χ2v) is 7.86. The van der Waals surface area contributed by atoms with Crippen molar-refractivity contribution in [3.8, 4) is 0 Å². The third-order valence-corrected chi connectivity index (χ3v) is 5.42. The van der Waals surface area contributed by atoms with Gasteiger partial charge in [0.05, 0.1) is 0 Å². The van der Waals surface area contributed by atoms with Crippen LogP contribution < -0.4 is 11.1 Å². The van der Waals surface area contributed by atoms with Gasteiger partial charge in [0.15, 0.2) is 0 Å². The largest absolute Gasteiger partial charge is 0.399 e. The molecule has 0 spiro atoms. The lowest BCUT2D eigenvalue weighted by atomic mass is 9.96. The third kappa shape index (κ3) is 6.89. The van der Waals surface area contributed by atoms with E-state index in [2.05, 4.69) is 69.6 Å². The minimum absolute atomic E-state index is 0.568. The monoisotopic (exact) mass is 412 g/mol. The van der Waals surface area contributed by atoms with Gasteiger partial charge in [0.1, 0.15) is 0 Å². The number of aryl methyl sites for hydroxylation is 2. The molecule has 162 valence electrons. The summed E-state index contributed by atoms with van der Waals surface area (Å²) >= 11 is 0. The van der Waals surface area contributed by atoms with Crippen LogP contribution in [0.2, 0.25) is 0 Å². The van der Waals surface area contributed by atoms with Crippen LogP contribution in [-0.4, -0.2) is 0 Å². The highest BCUT2D eigenvalue weighted by Crippen LogP contribution is 2.25. The van der Waals surface area contributed by atoms with Gasteiger partial charge in [0.25, 0.3) is 0 Å². The number of benzene rings is 2. The zero-order chi connectivity index (χ0) is 22.8. The number of hydrogen-bond donors (Lipinski definition) is 2. The highest BCUT2D eigenvalue weighted by molar-refractivity contribution is 5.73. The molecule has 0 heterocycles. The van der Waals surface area contributed by atoms with Crippen LogP contribution in [0, 0.1) is 6.92 Å². The summed E-state index contributed by atoms with van der Waals surface area (Å²) in [6, 6.07) is 14.8. The molecule has 2 aromatic rings. The molecule has 0 amide bonds. The second-order valence-electron chi connectivity index (χ2n) is 7.86. The summed E-state index contributed by atoms with van der Waals surface area (Å²) in [5.74, 6) is 0. The Hall–Kier alpha value is -3.26. The third-order valence-electron chi connectivity index (χ3n) is 5.42. The zero-order valence-corrected chi connectivity index (χ0v) is 19.5. The Morgan fingerprint density at radius 3 is 2.26 bits per heavy atom.